The summed E-state index contributed by atoms with van der Waals surface area (Å²) in [4.78, 5) is 13.8. The van der Waals surface area contributed by atoms with Gasteiger partial charge in [-0.25, -0.2) is 0 Å². The lowest BCUT2D eigenvalue weighted by atomic mass is 10.00. The maximum absolute atomic E-state index is 11.9. The van der Waals surface area contributed by atoms with Crippen molar-refractivity contribution in [2.45, 2.75) is 25.8 Å². The largest absolute Gasteiger partial charge is 0.338 e. The quantitative estimate of drug-likeness (QED) is 0.781. The van der Waals surface area contributed by atoms with E-state index in [-0.39, 0.29) is 5.91 Å². The fraction of sp³-hybridized carbons (Fsp3) is 0.462. The third-order valence-electron chi connectivity index (χ3n) is 3.01. The standard InChI is InChI=1S/C13H16BrNO/c14-8-3-6-13(16)15-9-7-11-4-1-2-5-12(11)10-15/h1-2,4-5H,3,6-10H2. The number of amides is 1. The second-order valence-corrected chi connectivity index (χ2v) is 4.92. The second-order valence-electron chi connectivity index (χ2n) is 4.13. The van der Waals surface area contributed by atoms with Crippen molar-refractivity contribution in [3.8, 4) is 0 Å². The molecule has 1 aliphatic heterocycles. The van der Waals surface area contributed by atoms with Crippen LogP contribution >= 0.6 is 15.9 Å². The number of carbonyl (C=O) groups excluding carboxylic acids is 1. The molecule has 16 heavy (non-hydrogen) atoms. The molecule has 2 rings (SSSR count). The van der Waals surface area contributed by atoms with Crippen LogP contribution < -0.4 is 0 Å². The van der Waals surface area contributed by atoms with Crippen molar-refractivity contribution in [2.75, 3.05) is 11.9 Å². The molecule has 0 bridgehead atoms. The average molecular weight is 282 g/mol. The number of alkyl halides is 1. The smallest absolute Gasteiger partial charge is 0.222 e. The zero-order chi connectivity index (χ0) is 11.4. The highest BCUT2D eigenvalue weighted by Gasteiger charge is 2.19. The highest BCUT2D eigenvalue weighted by molar-refractivity contribution is 9.09. The number of carbonyl (C=O) groups is 1. The summed E-state index contributed by atoms with van der Waals surface area (Å²) < 4.78 is 0. The molecule has 0 unspecified atom stereocenters. The molecule has 1 heterocycles. The molecule has 86 valence electrons. The number of fused-ring (bicyclic) bond motifs is 1. The topological polar surface area (TPSA) is 20.3 Å². The van der Waals surface area contributed by atoms with E-state index in [1.807, 2.05) is 11.0 Å². The van der Waals surface area contributed by atoms with E-state index in [9.17, 15) is 4.79 Å². The molecule has 0 saturated carbocycles. The normalized spacial score (nSPS) is 14.7. The number of nitrogens with zero attached hydrogens (tertiary/aromatic N) is 1. The highest BCUT2D eigenvalue weighted by Crippen LogP contribution is 2.19. The summed E-state index contributed by atoms with van der Waals surface area (Å²) in [7, 11) is 0. The molecule has 0 aliphatic carbocycles. The third-order valence-corrected chi connectivity index (χ3v) is 3.57. The minimum Gasteiger partial charge on any atom is -0.338 e. The molecule has 1 aromatic carbocycles. The van der Waals surface area contributed by atoms with E-state index in [4.69, 9.17) is 0 Å². The number of rotatable bonds is 3. The van der Waals surface area contributed by atoms with Gasteiger partial charge in [0.15, 0.2) is 0 Å². The Kier molecular flexibility index (Phi) is 3.99. The van der Waals surface area contributed by atoms with Crippen LogP contribution in [0.3, 0.4) is 0 Å². The third kappa shape index (κ3) is 2.64. The summed E-state index contributed by atoms with van der Waals surface area (Å²) in [6.45, 7) is 1.66. The van der Waals surface area contributed by atoms with Crippen LogP contribution in [0.5, 0.6) is 0 Å². The summed E-state index contributed by atoms with van der Waals surface area (Å²) in [5.74, 6) is 0.286. The predicted octanol–water partition coefficient (Wildman–Crippen LogP) is 2.75. The van der Waals surface area contributed by atoms with Crippen molar-refractivity contribution in [1.29, 1.82) is 0 Å². The van der Waals surface area contributed by atoms with E-state index in [1.54, 1.807) is 0 Å². The minimum atomic E-state index is 0.286. The predicted molar refractivity (Wildman–Crippen MR) is 68.6 cm³/mol. The zero-order valence-corrected chi connectivity index (χ0v) is 10.9. The molecule has 0 aromatic heterocycles. The van der Waals surface area contributed by atoms with Gasteiger partial charge >= 0.3 is 0 Å². The van der Waals surface area contributed by atoms with E-state index >= 15 is 0 Å². The maximum atomic E-state index is 11.9. The number of halogens is 1. The van der Waals surface area contributed by atoms with Gasteiger partial charge in [-0.15, -0.1) is 0 Å². The Labute approximate surface area is 105 Å². The summed E-state index contributed by atoms with van der Waals surface area (Å²) >= 11 is 3.36. The van der Waals surface area contributed by atoms with Crippen molar-refractivity contribution in [3.05, 3.63) is 35.4 Å². The van der Waals surface area contributed by atoms with Gasteiger partial charge in [0, 0.05) is 24.8 Å². The number of benzene rings is 1. The number of hydrogen-bond acceptors (Lipinski definition) is 1. The van der Waals surface area contributed by atoms with Gasteiger partial charge in [-0.05, 0) is 24.0 Å². The molecule has 0 saturated heterocycles. The van der Waals surface area contributed by atoms with E-state index in [1.165, 1.54) is 11.1 Å². The van der Waals surface area contributed by atoms with Crippen LogP contribution in [0.2, 0.25) is 0 Å². The Morgan fingerprint density at radius 2 is 2.06 bits per heavy atom. The molecule has 2 nitrogen and oxygen atoms in total. The molecule has 0 spiro atoms. The SMILES string of the molecule is O=C(CCCBr)N1CCc2ccccc2C1. The first kappa shape index (κ1) is 11.6. The lowest BCUT2D eigenvalue weighted by molar-refractivity contribution is -0.132. The van der Waals surface area contributed by atoms with Gasteiger partial charge in [0.2, 0.25) is 5.91 Å². The fourth-order valence-corrected chi connectivity index (χ4v) is 2.37. The van der Waals surface area contributed by atoms with Crippen LogP contribution in [0.25, 0.3) is 0 Å². The van der Waals surface area contributed by atoms with Gasteiger partial charge in [-0.3, -0.25) is 4.79 Å². The zero-order valence-electron chi connectivity index (χ0n) is 9.29. The lowest BCUT2D eigenvalue weighted by Crippen LogP contribution is -2.35. The summed E-state index contributed by atoms with van der Waals surface area (Å²) in [5.41, 5.74) is 2.70. The Morgan fingerprint density at radius 3 is 2.81 bits per heavy atom. The van der Waals surface area contributed by atoms with Gasteiger partial charge in [0.25, 0.3) is 0 Å². The first-order valence-electron chi connectivity index (χ1n) is 5.72. The molecular formula is C13H16BrNO. The average Bonchev–Trinajstić information content (AvgIpc) is 2.35. The fourth-order valence-electron chi connectivity index (χ4n) is 2.08. The first-order valence-corrected chi connectivity index (χ1v) is 6.84. The molecular weight excluding hydrogens is 266 g/mol. The maximum Gasteiger partial charge on any atom is 0.222 e. The molecule has 1 amide bonds. The molecule has 1 aliphatic rings. The monoisotopic (exact) mass is 281 g/mol. The van der Waals surface area contributed by atoms with E-state index < -0.39 is 0 Å². The van der Waals surface area contributed by atoms with Crippen LogP contribution in [-0.4, -0.2) is 22.7 Å². The minimum absolute atomic E-state index is 0.286. The Morgan fingerprint density at radius 1 is 1.31 bits per heavy atom. The molecule has 1 aromatic rings. The van der Waals surface area contributed by atoms with Gasteiger partial charge in [0.1, 0.15) is 0 Å². The van der Waals surface area contributed by atoms with E-state index in [0.717, 1.165) is 31.3 Å². The van der Waals surface area contributed by atoms with Crippen molar-refractivity contribution in [3.63, 3.8) is 0 Å². The van der Waals surface area contributed by atoms with Crippen molar-refractivity contribution in [2.24, 2.45) is 0 Å². The molecule has 0 atom stereocenters. The summed E-state index contributed by atoms with van der Waals surface area (Å²) in [5, 5.41) is 0.906. The van der Waals surface area contributed by atoms with E-state index in [0.29, 0.717) is 6.42 Å². The lowest BCUT2D eigenvalue weighted by Gasteiger charge is -2.28. The molecule has 0 fully saturated rings. The Balaban J connectivity index is 1.99. The van der Waals surface area contributed by atoms with Gasteiger partial charge in [-0.2, -0.15) is 0 Å². The first-order chi connectivity index (χ1) is 7.81. The van der Waals surface area contributed by atoms with E-state index in [2.05, 4.69) is 34.1 Å². The second kappa shape index (κ2) is 5.48. The van der Waals surface area contributed by atoms with Crippen molar-refractivity contribution in [1.82, 2.24) is 4.90 Å². The van der Waals surface area contributed by atoms with Crippen LogP contribution in [-0.2, 0) is 17.8 Å². The van der Waals surface area contributed by atoms with Gasteiger partial charge in [-0.1, -0.05) is 40.2 Å². The molecule has 3 heteroatoms. The van der Waals surface area contributed by atoms with Gasteiger partial charge < -0.3 is 4.90 Å². The van der Waals surface area contributed by atoms with Crippen LogP contribution in [0.1, 0.15) is 24.0 Å². The highest BCUT2D eigenvalue weighted by atomic mass is 79.9. The van der Waals surface area contributed by atoms with Gasteiger partial charge in [0.05, 0.1) is 0 Å². The van der Waals surface area contributed by atoms with Crippen LogP contribution in [0.15, 0.2) is 24.3 Å². The van der Waals surface area contributed by atoms with Crippen molar-refractivity contribution < 1.29 is 4.79 Å². The molecule has 0 N–H and O–H groups in total. The van der Waals surface area contributed by atoms with Crippen LogP contribution in [0, 0.1) is 0 Å². The summed E-state index contributed by atoms with van der Waals surface area (Å²) in [6.07, 6.45) is 2.58. The summed E-state index contributed by atoms with van der Waals surface area (Å²) in [6, 6.07) is 8.40. The van der Waals surface area contributed by atoms with Crippen molar-refractivity contribution >= 4 is 21.8 Å². The van der Waals surface area contributed by atoms with Crippen LogP contribution in [0.4, 0.5) is 0 Å². The Bertz CT molecular complexity index is 378. The number of hydrogen-bond donors (Lipinski definition) is 0. The molecule has 0 radical (unpaired) electrons. The Hall–Kier alpha value is -0.830.